The molecular weight excluding hydrogens is 230 g/mol. The number of halogens is 1. The van der Waals surface area contributed by atoms with Crippen molar-refractivity contribution >= 4 is 29.0 Å². The van der Waals surface area contributed by atoms with Crippen LogP contribution >= 0.6 is 11.6 Å². The molecule has 4 nitrogen and oxygen atoms in total. The molecule has 0 aliphatic carbocycles. The van der Waals surface area contributed by atoms with Gasteiger partial charge in [-0.3, -0.25) is 9.59 Å². The van der Waals surface area contributed by atoms with E-state index in [2.05, 4.69) is 10.1 Å². The molecule has 1 aromatic rings. The van der Waals surface area contributed by atoms with Gasteiger partial charge in [0.15, 0.2) is 5.78 Å². The molecule has 0 fully saturated rings. The van der Waals surface area contributed by atoms with E-state index in [4.69, 9.17) is 11.6 Å². The van der Waals surface area contributed by atoms with E-state index in [1.165, 1.54) is 14.0 Å². The lowest BCUT2D eigenvalue weighted by Crippen LogP contribution is -2.15. The molecular formula is C11H12ClNO3. The van der Waals surface area contributed by atoms with Crippen LogP contribution in [0.15, 0.2) is 18.2 Å². The second-order valence-electron chi connectivity index (χ2n) is 3.21. The van der Waals surface area contributed by atoms with Crippen LogP contribution in [0.25, 0.3) is 0 Å². The fourth-order valence-electron chi connectivity index (χ4n) is 1.14. The molecule has 0 bridgehead atoms. The molecule has 5 heteroatoms. The number of carbonyl (C=O) groups is 2. The van der Waals surface area contributed by atoms with Gasteiger partial charge in [0.2, 0.25) is 0 Å². The Bertz CT molecular complexity index is 418. The third-order valence-corrected chi connectivity index (χ3v) is 2.19. The molecule has 0 aromatic heterocycles. The Morgan fingerprint density at radius 1 is 1.38 bits per heavy atom. The van der Waals surface area contributed by atoms with Crippen molar-refractivity contribution in [3.8, 4) is 0 Å². The van der Waals surface area contributed by atoms with Gasteiger partial charge in [-0.1, -0.05) is 11.6 Å². The van der Waals surface area contributed by atoms with Gasteiger partial charge in [-0.05, 0) is 25.1 Å². The molecule has 86 valence electrons. The maximum atomic E-state index is 11.2. The Kier molecular flexibility index (Phi) is 4.31. The summed E-state index contributed by atoms with van der Waals surface area (Å²) in [5, 5.41) is 3.26. The molecule has 0 aliphatic heterocycles. The van der Waals surface area contributed by atoms with Crippen LogP contribution in [0, 0.1) is 0 Å². The largest absolute Gasteiger partial charge is 0.468 e. The number of anilines is 1. The monoisotopic (exact) mass is 241 g/mol. The van der Waals surface area contributed by atoms with Crippen molar-refractivity contribution in [3.63, 3.8) is 0 Å². The van der Waals surface area contributed by atoms with Crippen LogP contribution in [0.5, 0.6) is 0 Å². The zero-order chi connectivity index (χ0) is 12.1. The number of benzene rings is 1. The molecule has 0 spiro atoms. The predicted octanol–water partition coefficient (Wildman–Crippen LogP) is 2.13. The fourth-order valence-corrected chi connectivity index (χ4v) is 1.38. The zero-order valence-corrected chi connectivity index (χ0v) is 9.80. The maximum absolute atomic E-state index is 11.2. The summed E-state index contributed by atoms with van der Waals surface area (Å²) in [6.45, 7) is 1.49. The van der Waals surface area contributed by atoms with Gasteiger partial charge >= 0.3 is 5.97 Å². The van der Waals surface area contributed by atoms with E-state index in [0.717, 1.165) is 0 Å². The van der Waals surface area contributed by atoms with E-state index >= 15 is 0 Å². The lowest BCUT2D eigenvalue weighted by Gasteiger charge is -2.07. The number of ether oxygens (including phenoxy) is 1. The van der Waals surface area contributed by atoms with E-state index in [9.17, 15) is 9.59 Å². The van der Waals surface area contributed by atoms with Crippen molar-refractivity contribution in [2.75, 3.05) is 19.0 Å². The van der Waals surface area contributed by atoms with Gasteiger partial charge < -0.3 is 10.1 Å². The number of hydrogen-bond acceptors (Lipinski definition) is 4. The third-order valence-electron chi connectivity index (χ3n) is 1.97. The lowest BCUT2D eigenvalue weighted by molar-refractivity contribution is -0.138. The number of ketones is 1. The molecule has 1 rings (SSSR count). The summed E-state index contributed by atoms with van der Waals surface area (Å²) in [5.74, 6) is -0.465. The average molecular weight is 242 g/mol. The first-order valence-corrected chi connectivity index (χ1v) is 5.03. The SMILES string of the molecule is COC(=O)CNc1cc(Cl)cc(C(C)=O)c1. The van der Waals surface area contributed by atoms with Gasteiger partial charge in [0.05, 0.1) is 7.11 Å². The molecule has 0 saturated carbocycles. The van der Waals surface area contributed by atoms with Gasteiger partial charge in [-0.15, -0.1) is 0 Å². The van der Waals surface area contributed by atoms with Gasteiger partial charge in [-0.25, -0.2) is 0 Å². The van der Waals surface area contributed by atoms with Crippen LogP contribution in [-0.4, -0.2) is 25.4 Å². The molecule has 1 aromatic carbocycles. The van der Waals surface area contributed by atoms with E-state index in [-0.39, 0.29) is 18.3 Å². The van der Waals surface area contributed by atoms with Crippen LogP contribution < -0.4 is 5.32 Å². The molecule has 0 heterocycles. The molecule has 0 unspecified atom stereocenters. The first-order chi connectivity index (χ1) is 7.52. The second-order valence-corrected chi connectivity index (χ2v) is 3.65. The first kappa shape index (κ1) is 12.5. The van der Waals surface area contributed by atoms with Crippen molar-refractivity contribution in [2.24, 2.45) is 0 Å². The van der Waals surface area contributed by atoms with Crippen molar-refractivity contribution in [2.45, 2.75) is 6.92 Å². The van der Waals surface area contributed by atoms with E-state index in [1.807, 2.05) is 0 Å². The number of carbonyl (C=O) groups excluding carboxylic acids is 2. The van der Waals surface area contributed by atoms with Crippen LogP contribution in [0.4, 0.5) is 5.69 Å². The summed E-state index contributed by atoms with van der Waals surface area (Å²) in [5.41, 5.74) is 1.11. The fraction of sp³-hybridized carbons (Fsp3) is 0.273. The maximum Gasteiger partial charge on any atom is 0.325 e. The third kappa shape index (κ3) is 3.55. The number of rotatable bonds is 4. The summed E-state index contributed by atoms with van der Waals surface area (Å²) in [7, 11) is 1.31. The molecule has 0 amide bonds. The number of methoxy groups -OCH3 is 1. The normalized spacial score (nSPS) is 9.69. The molecule has 16 heavy (non-hydrogen) atoms. The topological polar surface area (TPSA) is 55.4 Å². The van der Waals surface area contributed by atoms with E-state index in [1.54, 1.807) is 18.2 Å². The molecule has 0 radical (unpaired) electrons. The molecule has 0 atom stereocenters. The summed E-state index contributed by atoms with van der Waals surface area (Å²) >= 11 is 5.83. The lowest BCUT2D eigenvalue weighted by atomic mass is 10.1. The summed E-state index contributed by atoms with van der Waals surface area (Å²) in [4.78, 5) is 22.1. The second kappa shape index (κ2) is 5.51. The minimum atomic E-state index is -0.385. The van der Waals surface area contributed by atoms with Gasteiger partial charge in [0.25, 0.3) is 0 Å². The number of hydrogen-bond donors (Lipinski definition) is 1. The van der Waals surface area contributed by atoms with E-state index < -0.39 is 0 Å². The zero-order valence-electron chi connectivity index (χ0n) is 9.04. The highest BCUT2D eigenvalue weighted by molar-refractivity contribution is 6.31. The smallest absolute Gasteiger partial charge is 0.325 e. The Hall–Kier alpha value is -1.55. The van der Waals surface area contributed by atoms with Crippen LogP contribution in [-0.2, 0) is 9.53 Å². The average Bonchev–Trinajstić information content (AvgIpc) is 2.25. The quantitative estimate of drug-likeness (QED) is 0.648. The Morgan fingerprint density at radius 3 is 2.62 bits per heavy atom. The van der Waals surface area contributed by atoms with Crippen LogP contribution in [0.1, 0.15) is 17.3 Å². The number of Topliss-reactive ketones (excluding diaryl/α,β-unsaturated/α-hetero) is 1. The highest BCUT2D eigenvalue weighted by atomic mass is 35.5. The van der Waals surface area contributed by atoms with Crippen molar-refractivity contribution < 1.29 is 14.3 Å². The predicted molar refractivity (Wildman–Crippen MR) is 62.0 cm³/mol. The number of esters is 1. The first-order valence-electron chi connectivity index (χ1n) is 4.65. The van der Waals surface area contributed by atoms with Gasteiger partial charge in [-0.2, -0.15) is 0 Å². The minimum absolute atomic E-state index is 0.0359. The van der Waals surface area contributed by atoms with E-state index in [0.29, 0.717) is 16.3 Å². The molecule has 1 N–H and O–H groups in total. The number of nitrogens with one attached hydrogen (secondary N) is 1. The van der Waals surface area contributed by atoms with Crippen molar-refractivity contribution in [1.29, 1.82) is 0 Å². The summed E-state index contributed by atoms with van der Waals surface area (Å²) in [6.07, 6.45) is 0. The van der Waals surface area contributed by atoms with Crippen molar-refractivity contribution in [3.05, 3.63) is 28.8 Å². The van der Waals surface area contributed by atoms with Crippen LogP contribution in [0.3, 0.4) is 0 Å². The molecule has 0 saturated heterocycles. The van der Waals surface area contributed by atoms with Crippen LogP contribution in [0.2, 0.25) is 5.02 Å². The van der Waals surface area contributed by atoms with Gasteiger partial charge in [0.1, 0.15) is 6.54 Å². The Balaban J connectivity index is 2.80. The standard InChI is InChI=1S/C11H12ClNO3/c1-7(14)8-3-9(12)5-10(4-8)13-6-11(15)16-2/h3-5,13H,6H2,1-2H3. The minimum Gasteiger partial charge on any atom is -0.468 e. The summed E-state index contributed by atoms with van der Waals surface area (Å²) < 4.78 is 4.48. The van der Waals surface area contributed by atoms with Gasteiger partial charge in [0, 0.05) is 16.3 Å². The Labute approximate surface area is 98.5 Å². The van der Waals surface area contributed by atoms with Crippen molar-refractivity contribution in [1.82, 2.24) is 0 Å². The molecule has 0 aliphatic rings. The Morgan fingerprint density at radius 2 is 2.06 bits per heavy atom. The highest BCUT2D eigenvalue weighted by Crippen LogP contribution is 2.19. The summed E-state index contributed by atoms with van der Waals surface area (Å²) in [6, 6.07) is 4.85. The highest BCUT2D eigenvalue weighted by Gasteiger charge is 2.05.